The summed E-state index contributed by atoms with van der Waals surface area (Å²) in [5, 5.41) is 5.69. The summed E-state index contributed by atoms with van der Waals surface area (Å²) in [7, 11) is 3.08. The van der Waals surface area contributed by atoms with Gasteiger partial charge in [-0.1, -0.05) is 11.8 Å². The van der Waals surface area contributed by atoms with Gasteiger partial charge in [0.15, 0.2) is 5.17 Å². The molecule has 0 radical (unpaired) electrons. The summed E-state index contributed by atoms with van der Waals surface area (Å²) in [5.41, 5.74) is 0.540. The number of rotatable bonds is 6. The lowest BCUT2D eigenvalue weighted by Crippen LogP contribution is -2.28. The highest BCUT2D eigenvalue weighted by Crippen LogP contribution is 2.31. The molecule has 1 aliphatic heterocycles. The van der Waals surface area contributed by atoms with Crippen molar-refractivity contribution in [3.05, 3.63) is 18.2 Å². The average Bonchev–Trinajstić information content (AvgIpc) is 3.31. The third kappa shape index (κ3) is 4.00. The molecule has 1 saturated heterocycles. The first-order valence-corrected chi connectivity index (χ1v) is 8.54. The molecule has 128 valence electrons. The molecular weight excluding hydrogens is 330 g/mol. The van der Waals surface area contributed by atoms with E-state index < -0.39 is 5.25 Å². The van der Waals surface area contributed by atoms with E-state index in [1.165, 1.54) is 18.9 Å². The third-order valence-corrected chi connectivity index (χ3v) is 4.77. The van der Waals surface area contributed by atoms with Gasteiger partial charge >= 0.3 is 0 Å². The fourth-order valence-corrected chi connectivity index (χ4v) is 3.28. The van der Waals surface area contributed by atoms with Gasteiger partial charge in [0.05, 0.1) is 25.9 Å². The van der Waals surface area contributed by atoms with Crippen LogP contribution < -0.4 is 20.1 Å². The van der Waals surface area contributed by atoms with Crippen molar-refractivity contribution in [3.63, 3.8) is 0 Å². The molecule has 0 bridgehead atoms. The first-order chi connectivity index (χ1) is 11.6. The van der Waals surface area contributed by atoms with Crippen LogP contribution in [0.5, 0.6) is 11.5 Å². The minimum atomic E-state index is -0.452. The number of hydrogen-bond donors (Lipinski definition) is 2. The van der Waals surface area contributed by atoms with E-state index >= 15 is 0 Å². The number of nitrogens with zero attached hydrogens (tertiary/aromatic N) is 1. The van der Waals surface area contributed by atoms with Crippen LogP contribution >= 0.6 is 11.8 Å². The SMILES string of the molecule is COc1ccc(NC(=O)CC2SC(=NC3CC3)NC2=O)c(OC)c1. The van der Waals surface area contributed by atoms with Crippen LogP contribution in [0.1, 0.15) is 19.3 Å². The van der Waals surface area contributed by atoms with Gasteiger partial charge in [-0.15, -0.1) is 0 Å². The Morgan fingerprint density at radius 2 is 2.17 bits per heavy atom. The zero-order chi connectivity index (χ0) is 17.1. The standard InChI is InChI=1S/C16H19N3O4S/c1-22-10-5-6-11(12(7-10)23-2)18-14(20)8-13-15(21)19-16(24-13)17-9-3-4-9/h5-7,9,13H,3-4,8H2,1-2H3,(H,18,20)(H,17,19,21). The second-order valence-electron chi connectivity index (χ2n) is 5.58. The Labute approximate surface area is 144 Å². The fourth-order valence-electron chi connectivity index (χ4n) is 2.24. The second kappa shape index (κ2) is 7.12. The van der Waals surface area contributed by atoms with Gasteiger partial charge in [0.25, 0.3) is 0 Å². The van der Waals surface area contributed by atoms with Crippen molar-refractivity contribution in [1.82, 2.24) is 5.32 Å². The predicted octanol–water partition coefficient (Wildman–Crippen LogP) is 1.78. The van der Waals surface area contributed by atoms with E-state index in [-0.39, 0.29) is 18.2 Å². The number of anilines is 1. The van der Waals surface area contributed by atoms with Gasteiger partial charge in [0.1, 0.15) is 16.7 Å². The minimum absolute atomic E-state index is 0.0787. The topological polar surface area (TPSA) is 89.0 Å². The van der Waals surface area contributed by atoms with Crippen molar-refractivity contribution in [2.24, 2.45) is 4.99 Å². The molecule has 1 aromatic carbocycles. The summed E-state index contributed by atoms with van der Waals surface area (Å²) in [5.74, 6) is 0.716. The lowest BCUT2D eigenvalue weighted by atomic mass is 10.2. The normalized spacial score (nSPS) is 21.5. The summed E-state index contributed by atoms with van der Waals surface area (Å²) in [4.78, 5) is 28.6. The molecule has 1 saturated carbocycles. The molecule has 1 heterocycles. The molecule has 1 unspecified atom stereocenters. The van der Waals surface area contributed by atoms with Crippen molar-refractivity contribution in [3.8, 4) is 11.5 Å². The fraction of sp³-hybridized carbons (Fsp3) is 0.438. The van der Waals surface area contributed by atoms with Gasteiger partial charge < -0.3 is 20.1 Å². The summed E-state index contributed by atoms with van der Waals surface area (Å²) in [6.07, 6.45) is 2.22. The highest BCUT2D eigenvalue weighted by atomic mass is 32.2. The van der Waals surface area contributed by atoms with Crippen LogP contribution in [-0.2, 0) is 9.59 Å². The van der Waals surface area contributed by atoms with Crippen LogP contribution in [-0.4, -0.2) is 42.5 Å². The van der Waals surface area contributed by atoms with Crippen molar-refractivity contribution in [2.45, 2.75) is 30.6 Å². The molecule has 2 aliphatic rings. The number of hydrogen-bond acceptors (Lipinski definition) is 6. The quantitative estimate of drug-likeness (QED) is 0.817. The number of carbonyl (C=O) groups excluding carboxylic acids is 2. The van der Waals surface area contributed by atoms with Crippen molar-refractivity contribution in [1.29, 1.82) is 0 Å². The lowest BCUT2D eigenvalue weighted by molar-refractivity contribution is -0.122. The molecule has 1 aliphatic carbocycles. The Hall–Kier alpha value is -2.22. The van der Waals surface area contributed by atoms with Gasteiger partial charge in [-0.3, -0.25) is 14.6 Å². The van der Waals surface area contributed by atoms with Crippen LogP contribution in [0.3, 0.4) is 0 Å². The van der Waals surface area contributed by atoms with E-state index in [2.05, 4.69) is 15.6 Å². The molecule has 0 spiro atoms. The molecule has 1 atom stereocenters. The van der Waals surface area contributed by atoms with Gasteiger partial charge in [0.2, 0.25) is 11.8 Å². The third-order valence-electron chi connectivity index (χ3n) is 3.68. The summed E-state index contributed by atoms with van der Waals surface area (Å²) in [6.45, 7) is 0. The molecule has 24 heavy (non-hydrogen) atoms. The number of methoxy groups -OCH3 is 2. The molecule has 2 amide bonds. The van der Waals surface area contributed by atoms with E-state index in [4.69, 9.17) is 9.47 Å². The Balaban J connectivity index is 1.60. The van der Waals surface area contributed by atoms with E-state index in [0.29, 0.717) is 28.4 Å². The zero-order valence-corrected chi connectivity index (χ0v) is 14.3. The first kappa shape index (κ1) is 16.6. The predicted molar refractivity (Wildman–Crippen MR) is 92.8 cm³/mol. The van der Waals surface area contributed by atoms with E-state index in [0.717, 1.165) is 12.8 Å². The maximum absolute atomic E-state index is 12.2. The Kier molecular flexibility index (Phi) is 4.94. The smallest absolute Gasteiger partial charge is 0.240 e. The molecule has 0 aromatic heterocycles. The maximum atomic E-state index is 12.2. The van der Waals surface area contributed by atoms with Crippen molar-refractivity contribution < 1.29 is 19.1 Å². The van der Waals surface area contributed by atoms with Crippen LogP contribution in [0, 0.1) is 0 Å². The highest BCUT2D eigenvalue weighted by Gasteiger charge is 2.33. The monoisotopic (exact) mass is 349 g/mol. The summed E-state index contributed by atoms with van der Waals surface area (Å²) in [6, 6.07) is 5.46. The number of ether oxygens (including phenoxy) is 2. The summed E-state index contributed by atoms with van der Waals surface area (Å²) >= 11 is 1.32. The van der Waals surface area contributed by atoms with Crippen LogP contribution in [0.4, 0.5) is 5.69 Å². The molecule has 2 N–H and O–H groups in total. The molecule has 1 aromatic rings. The van der Waals surface area contributed by atoms with Crippen LogP contribution in [0.2, 0.25) is 0 Å². The van der Waals surface area contributed by atoms with Gasteiger partial charge in [-0.25, -0.2) is 0 Å². The molecule has 3 rings (SSSR count). The number of amides is 2. The number of aliphatic imine (C=N–C) groups is 1. The highest BCUT2D eigenvalue weighted by molar-refractivity contribution is 8.15. The second-order valence-corrected chi connectivity index (χ2v) is 6.77. The molecular formula is C16H19N3O4S. The van der Waals surface area contributed by atoms with Gasteiger partial charge in [-0.2, -0.15) is 0 Å². The van der Waals surface area contributed by atoms with E-state index in [1.807, 2.05) is 0 Å². The molecule has 8 heteroatoms. The minimum Gasteiger partial charge on any atom is -0.497 e. The van der Waals surface area contributed by atoms with E-state index in [1.54, 1.807) is 25.3 Å². The number of carbonyl (C=O) groups is 2. The number of nitrogens with one attached hydrogen (secondary N) is 2. The number of thioether (sulfide) groups is 1. The van der Waals surface area contributed by atoms with Crippen molar-refractivity contribution >= 4 is 34.4 Å². The Bertz CT molecular complexity index is 688. The van der Waals surface area contributed by atoms with Gasteiger partial charge in [-0.05, 0) is 25.0 Å². The zero-order valence-electron chi connectivity index (χ0n) is 13.5. The Morgan fingerprint density at radius 1 is 1.38 bits per heavy atom. The number of benzene rings is 1. The lowest BCUT2D eigenvalue weighted by Gasteiger charge is -2.12. The molecule has 7 nitrogen and oxygen atoms in total. The van der Waals surface area contributed by atoms with Crippen LogP contribution in [0.25, 0.3) is 0 Å². The molecule has 2 fully saturated rings. The number of amidine groups is 1. The average molecular weight is 349 g/mol. The first-order valence-electron chi connectivity index (χ1n) is 7.66. The summed E-state index contributed by atoms with van der Waals surface area (Å²) < 4.78 is 10.4. The van der Waals surface area contributed by atoms with Gasteiger partial charge in [0, 0.05) is 12.5 Å². The van der Waals surface area contributed by atoms with E-state index in [9.17, 15) is 9.59 Å². The maximum Gasteiger partial charge on any atom is 0.240 e. The largest absolute Gasteiger partial charge is 0.497 e. The van der Waals surface area contributed by atoms with Crippen molar-refractivity contribution in [2.75, 3.05) is 19.5 Å². The van der Waals surface area contributed by atoms with Crippen LogP contribution in [0.15, 0.2) is 23.2 Å². The Morgan fingerprint density at radius 3 is 2.83 bits per heavy atom.